The lowest BCUT2D eigenvalue weighted by Crippen LogP contribution is -2.18. The molecule has 0 bridgehead atoms. The van der Waals surface area contributed by atoms with Crippen LogP contribution in [-0.2, 0) is 6.54 Å². The van der Waals surface area contributed by atoms with Crippen LogP contribution >= 0.6 is 22.9 Å². The number of nitrogens with zero attached hydrogens (tertiary/aromatic N) is 2. The van der Waals surface area contributed by atoms with Gasteiger partial charge in [0.1, 0.15) is 4.88 Å². The Labute approximate surface area is 207 Å². The second kappa shape index (κ2) is 9.99. The summed E-state index contributed by atoms with van der Waals surface area (Å²) in [6.07, 6.45) is 2.08. The first-order valence-electron chi connectivity index (χ1n) is 11.2. The number of aromatic nitrogens is 2. The van der Waals surface area contributed by atoms with Crippen molar-refractivity contribution in [3.05, 3.63) is 74.9 Å². The van der Waals surface area contributed by atoms with Crippen molar-refractivity contribution in [1.29, 1.82) is 0 Å². The van der Waals surface area contributed by atoms with Crippen LogP contribution in [0.4, 0.5) is 11.4 Å². The van der Waals surface area contributed by atoms with Gasteiger partial charge in [0.2, 0.25) is 0 Å². The molecule has 0 atom stereocenters. The Kier molecular flexibility index (Phi) is 7.05. The van der Waals surface area contributed by atoms with Gasteiger partial charge in [-0.25, -0.2) is 0 Å². The van der Waals surface area contributed by atoms with Crippen LogP contribution in [0, 0.1) is 20.8 Å². The van der Waals surface area contributed by atoms with Crippen LogP contribution < -0.4 is 10.6 Å². The molecule has 0 radical (unpaired) electrons. The minimum Gasteiger partial charge on any atom is -0.320 e. The van der Waals surface area contributed by atoms with E-state index in [1.807, 2.05) is 43.7 Å². The van der Waals surface area contributed by atoms with E-state index in [4.69, 9.17) is 11.6 Å². The summed E-state index contributed by atoms with van der Waals surface area (Å²) in [6.45, 7) is 8.76. The Morgan fingerprint density at radius 3 is 2.59 bits per heavy atom. The molecular weight excluding hydrogens is 468 g/mol. The Balaban J connectivity index is 1.58. The minimum atomic E-state index is -0.344. The standard InChI is InChI=1S/C26H27ClN4O2S/c1-5-6-13-31-17(4)23(16(3)30-31)29-25(32)18-9-7-8-10-20(18)28-26(33)24-22(27)19-12-11-15(2)14-21(19)34-24/h7-12,14H,5-6,13H2,1-4H3,(H,28,33)(H,29,32). The molecule has 0 unspecified atom stereocenters. The first kappa shape index (κ1) is 24.0. The molecule has 0 aliphatic heterocycles. The third kappa shape index (κ3) is 4.72. The number of halogens is 1. The van der Waals surface area contributed by atoms with E-state index in [0.717, 1.165) is 46.4 Å². The monoisotopic (exact) mass is 494 g/mol. The van der Waals surface area contributed by atoms with Crippen LogP contribution in [0.1, 0.15) is 56.7 Å². The zero-order valence-corrected chi connectivity index (χ0v) is 21.2. The predicted octanol–water partition coefficient (Wildman–Crippen LogP) is 6.98. The van der Waals surface area contributed by atoms with E-state index < -0.39 is 0 Å². The number of hydrogen-bond donors (Lipinski definition) is 2. The maximum atomic E-state index is 13.2. The minimum absolute atomic E-state index is 0.310. The number of amides is 2. The van der Waals surface area contributed by atoms with E-state index in [-0.39, 0.29) is 11.8 Å². The van der Waals surface area contributed by atoms with Gasteiger partial charge in [-0.05, 0) is 51.0 Å². The van der Waals surface area contributed by atoms with E-state index in [0.29, 0.717) is 26.8 Å². The lowest BCUT2D eigenvalue weighted by atomic mass is 10.1. The van der Waals surface area contributed by atoms with Crippen LogP contribution in [-0.4, -0.2) is 21.6 Å². The average Bonchev–Trinajstić information content (AvgIpc) is 3.28. The van der Waals surface area contributed by atoms with Gasteiger partial charge >= 0.3 is 0 Å². The predicted molar refractivity (Wildman–Crippen MR) is 141 cm³/mol. The molecule has 2 aromatic carbocycles. The number of aryl methyl sites for hydroxylation is 3. The van der Waals surface area contributed by atoms with Crippen molar-refractivity contribution in [3.8, 4) is 0 Å². The van der Waals surface area contributed by atoms with Gasteiger partial charge in [-0.1, -0.05) is 49.2 Å². The lowest BCUT2D eigenvalue weighted by molar-refractivity contribution is 0.102. The molecule has 2 aromatic heterocycles. The highest BCUT2D eigenvalue weighted by atomic mass is 35.5. The second-order valence-electron chi connectivity index (χ2n) is 8.32. The van der Waals surface area contributed by atoms with Gasteiger partial charge in [0.05, 0.1) is 33.3 Å². The molecule has 4 rings (SSSR count). The van der Waals surface area contributed by atoms with Crippen molar-refractivity contribution in [2.45, 2.75) is 47.1 Å². The summed E-state index contributed by atoms with van der Waals surface area (Å²) in [5.41, 5.74) is 4.25. The van der Waals surface area contributed by atoms with Crippen LogP contribution in [0.2, 0.25) is 5.02 Å². The molecule has 0 aliphatic carbocycles. The third-order valence-electron chi connectivity index (χ3n) is 5.75. The largest absolute Gasteiger partial charge is 0.320 e. The summed E-state index contributed by atoms with van der Waals surface area (Å²) in [5.74, 6) is -0.654. The highest BCUT2D eigenvalue weighted by Gasteiger charge is 2.21. The number of benzene rings is 2. The third-order valence-corrected chi connectivity index (χ3v) is 7.41. The zero-order valence-electron chi connectivity index (χ0n) is 19.7. The lowest BCUT2D eigenvalue weighted by Gasteiger charge is -2.12. The molecule has 0 fully saturated rings. The Morgan fingerprint density at radius 2 is 1.82 bits per heavy atom. The first-order chi connectivity index (χ1) is 16.3. The number of carbonyl (C=O) groups excluding carboxylic acids is 2. The maximum absolute atomic E-state index is 13.2. The highest BCUT2D eigenvalue weighted by molar-refractivity contribution is 7.21. The van der Waals surface area contributed by atoms with Crippen LogP contribution in [0.5, 0.6) is 0 Å². The highest BCUT2D eigenvalue weighted by Crippen LogP contribution is 2.36. The van der Waals surface area contributed by atoms with Gasteiger partial charge in [0.25, 0.3) is 11.8 Å². The molecule has 34 heavy (non-hydrogen) atoms. The van der Waals surface area contributed by atoms with Crippen molar-refractivity contribution in [1.82, 2.24) is 9.78 Å². The fourth-order valence-corrected chi connectivity index (χ4v) is 5.38. The van der Waals surface area contributed by atoms with E-state index in [1.165, 1.54) is 11.3 Å². The molecule has 0 saturated heterocycles. The van der Waals surface area contributed by atoms with E-state index in [1.54, 1.807) is 24.3 Å². The van der Waals surface area contributed by atoms with Crippen molar-refractivity contribution in [2.75, 3.05) is 10.6 Å². The molecule has 2 amide bonds. The van der Waals surface area contributed by atoms with E-state index in [9.17, 15) is 9.59 Å². The molecule has 6 nitrogen and oxygen atoms in total. The van der Waals surface area contributed by atoms with Crippen LogP contribution in [0.25, 0.3) is 10.1 Å². The summed E-state index contributed by atoms with van der Waals surface area (Å²) in [7, 11) is 0. The fraction of sp³-hybridized carbons (Fsp3) is 0.269. The number of anilines is 2. The number of hydrogen-bond acceptors (Lipinski definition) is 4. The Bertz CT molecular complexity index is 1390. The van der Waals surface area contributed by atoms with Crippen molar-refractivity contribution in [3.63, 3.8) is 0 Å². The Morgan fingerprint density at radius 1 is 1.06 bits per heavy atom. The topological polar surface area (TPSA) is 76.0 Å². The van der Waals surface area contributed by atoms with Gasteiger partial charge < -0.3 is 10.6 Å². The van der Waals surface area contributed by atoms with Crippen molar-refractivity contribution in [2.24, 2.45) is 0 Å². The zero-order chi connectivity index (χ0) is 24.4. The van der Waals surface area contributed by atoms with Crippen molar-refractivity contribution >= 4 is 56.2 Å². The Hall–Kier alpha value is -3.16. The number of nitrogens with one attached hydrogen (secondary N) is 2. The van der Waals surface area contributed by atoms with Gasteiger partial charge in [0, 0.05) is 16.6 Å². The number of para-hydroxylation sites is 1. The molecular formula is C26H27ClN4O2S. The number of fused-ring (bicyclic) bond motifs is 1. The summed E-state index contributed by atoms with van der Waals surface area (Å²) in [5, 5.41) is 11.7. The normalized spacial score (nSPS) is 11.1. The molecule has 176 valence electrons. The second-order valence-corrected chi connectivity index (χ2v) is 9.75. The number of thiophene rings is 1. The first-order valence-corrected chi connectivity index (χ1v) is 12.4. The molecule has 8 heteroatoms. The number of unbranched alkanes of at least 4 members (excludes halogenated alkanes) is 1. The summed E-state index contributed by atoms with van der Waals surface area (Å²) in [4.78, 5) is 26.7. The van der Waals surface area contributed by atoms with E-state index in [2.05, 4.69) is 22.7 Å². The van der Waals surface area contributed by atoms with Gasteiger partial charge in [-0.3, -0.25) is 14.3 Å². The molecule has 0 aliphatic rings. The smallest absolute Gasteiger partial charge is 0.267 e. The SMILES string of the molecule is CCCCn1nc(C)c(NC(=O)c2ccccc2NC(=O)c2sc3cc(C)ccc3c2Cl)c1C. The molecule has 2 heterocycles. The van der Waals surface area contributed by atoms with Gasteiger partial charge in [-0.15, -0.1) is 11.3 Å². The average molecular weight is 495 g/mol. The van der Waals surface area contributed by atoms with Gasteiger partial charge in [-0.2, -0.15) is 5.10 Å². The van der Waals surface area contributed by atoms with Gasteiger partial charge in [0.15, 0.2) is 0 Å². The molecule has 0 spiro atoms. The van der Waals surface area contributed by atoms with Crippen LogP contribution in [0.3, 0.4) is 0 Å². The molecule has 4 aromatic rings. The summed E-state index contributed by atoms with van der Waals surface area (Å²) < 4.78 is 2.88. The fourth-order valence-electron chi connectivity index (χ4n) is 3.87. The molecule has 0 saturated carbocycles. The van der Waals surface area contributed by atoms with Crippen LogP contribution in [0.15, 0.2) is 42.5 Å². The maximum Gasteiger partial charge on any atom is 0.267 e. The number of rotatable bonds is 7. The van der Waals surface area contributed by atoms with Crippen molar-refractivity contribution < 1.29 is 9.59 Å². The summed E-state index contributed by atoms with van der Waals surface area (Å²) >= 11 is 7.85. The quantitative estimate of drug-likeness (QED) is 0.291. The molecule has 2 N–H and O–H groups in total. The van der Waals surface area contributed by atoms with E-state index >= 15 is 0 Å². The number of carbonyl (C=O) groups is 2. The summed E-state index contributed by atoms with van der Waals surface area (Å²) in [6, 6.07) is 12.8.